The van der Waals surface area contributed by atoms with Gasteiger partial charge >= 0.3 is 0 Å². The van der Waals surface area contributed by atoms with Gasteiger partial charge in [0.25, 0.3) is 11.8 Å². The Labute approximate surface area is 180 Å². The van der Waals surface area contributed by atoms with E-state index in [1.807, 2.05) is 24.3 Å². The maximum atomic E-state index is 12.9. The van der Waals surface area contributed by atoms with Gasteiger partial charge in [0.2, 0.25) is 11.8 Å². The average Bonchev–Trinajstić information content (AvgIpc) is 3.01. The molecular formula is C23H24N4O4. The summed E-state index contributed by atoms with van der Waals surface area (Å²) in [5.74, 6) is -1.99. The molecule has 0 radical (unpaired) electrons. The predicted octanol–water partition coefficient (Wildman–Crippen LogP) is 1.81. The zero-order valence-corrected chi connectivity index (χ0v) is 17.2. The van der Waals surface area contributed by atoms with Crippen LogP contribution in [0.4, 0.5) is 5.69 Å². The zero-order valence-electron chi connectivity index (χ0n) is 17.2. The number of nitrogens with one attached hydrogen (secondary N) is 3. The third kappa shape index (κ3) is 4.20. The lowest BCUT2D eigenvalue weighted by atomic mass is 10.0. The molecule has 4 rings (SSSR count). The van der Waals surface area contributed by atoms with E-state index in [1.165, 1.54) is 5.56 Å². The van der Waals surface area contributed by atoms with Crippen molar-refractivity contribution in [1.29, 1.82) is 0 Å². The highest BCUT2D eigenvalue weighted by Crippen LogP contribution is 2.28. The molecule has 4 amide bonds. The van der Waals surface area contributed by atoms with Gasteiger partial charge in [0.1, 0.15) is 6.04 Å². The quantitative estimate of drug-likeness (QED) is 0.590. The van der Waals surface area contributed by atoms with Crippen molar-refractivity contribution in [3.05, 3.63) is 64.7 Å². The number of hydrogen-bond donors (Lipinski definition) is 3. The first-order valence-corrected chi connectivity index (χ1v) is 10.4. The van der Waals surface area contributed by atoms with Crippen LogP contribution < -0.4 is 16.0 Å². The Hall–Kier alpha value is -3.52. The molecule has 2 aromatic rings. The number of rotatable bonds is 7. The lowest BCUT2D eigenvalue weighted by Gasteiger charge is -2.27. The molecule has 0 saturated carbocycles. The van der Waals surface area contributed by atoms with Crippen LogP contribution in [0.25, 0.3) is 0 Å². The van der Waals surface area contributed by atoms with Crippen LogP contribution in [0, 0.1) is 0 Å². The molecule has 2 aliphatic rings. The first-order chi connectivity index (χ1) is 15.0. The summed E-state index contributed by atoms with van der Waals surface area (Å²) in [5, 5.41) is 8.80. The number of hydrogen-bond acceptors (Lipinski definition) is 6. The SMILES string of the molecule is CCNCc1ccc(NCc2ccc3c(c2)C(=O)N(C2CCC(=O)NC2=O)C3=O)cc1. The Kier molecular flexibility index (Phi) is 5.81. The van der Waals surface area contributed by atoms with Gasteiger partial charge in [-0.05, 0) is 48.4 Å². The molecule has 8 nitrogen and oxygen atoms in total. The summed E-state index contributed by atoms with van der Waals surface area (Å²) in [6, 6.07) is 12.3. The third-order valence-corrected chi connectivity index (χ3v) is 5.53. The molecule has 3 N–H and O–H groups in total. The molecule has 1 fully saturated rings. The number of carbonyl (C=O) groups excluding carboxylic acids is 4. The van der Waals surface area contributed by atoms with Gasteiger partial charge in [-0.1, -0.05) is 25.1 Å². The van der Waals surface area contributed by atoms with E-state index in [2.05, 4.69) is 22.9 Å². The lowest BCUT2D eigenvalue weighted by molar-refractivity contribution is -0.136. The van der Waals surface area contributed by atoms with Crippen LogP contribution in [0.3, 0.4) is 0 Å². The monoisotopic (exact) mass is 420 g/mol. The van der Waals surface area contributed by atoms with Gasteiger partial charge < -0.3 is 10.6 Å². The Morgan fingerprint density at radius 3 is 2.35 bits per heavy atom. The molecule has 2 aliphatic heterocycles. The number of imide groups is 2. The first-order valence-electron chi connectivity index (χ1n) is 10.4. The second kappa shape index (κ2) is 8.69. The van der Waals surface area contributed by atoms with Gasteiger partial charge in [0.15, 0.2) is 0 Å². The van der Waals surface area contributed by atoms with Crippen LogP contribution in [-0.4, -0.2) is 41.1 Å². The molecule has 1 saturated heterocycles. The van der Waals surface area contributed by atoms with E-state index in [0.29, 0.717) is 6.54 Å². The maximum absolute atomic E-state index is 12.9. The fraction of sp³-hybridized carbons (Fsp3) is 0.304. The minimum atomic E-state index is -0.951. The fourth-order valence-electron chi connectivity index (χ4n) is 3.84. The molecule has 0 bridgehead atoms. The van der Waals surface area contributed by atoms with Gasteiger partial charge in [-0.3, -0.25) is 29.4 Å². The number of amides is 4. The van der Waals surface area contributed by atoms with Crippen LogP contribution in [0.15, 0.2) is 42.5 Å². The summed E-state index contributed by atoms with van der Waals surface area (Å²) in [6.07, 6.45) is 0.251. The van der Waals surface area contributed by atoms with E-state index in [9.17, 15) is 19.2 Å². The molecule has 1 atom stereocenters. The first kappa shape index (κ1) is 20.7. The minimum absolute atomic E-state index is 0.103. The molecule has 160 valence electrons. The van der Waals surface area contributed by atoms with Crippen molar-refractivity contribution in [2.75, 3.05) is 11.9 Å². The second-order valence-corrected chi connectivity index (χ2v) is 7.66. The van der Waals surface area contributed by atoms with E-state index in [4.69, 9.17) is 0 Å². The van der Waals surface area contributed by atoms with E-state index in [0.717, 1.165) is 29.2 Å². The topological polar surface area (TPSA) is 108 Å². The van der Waals surface area contributed by atoms with Crippen molar-refractivity contribution in [2.45, 2.75) is 38.9 Å². The molecule has 31 heavy (non-hydrogen) atoms. The number of nitrogens with zero attached hydrogens (tertiary/aromatic N) is 1. The van der Waals surface area contributed by atoms with E-state index < -0.39 is 23.8 Å². The van der Waals surface area contributed by atoms with Crippen molar-refractivity contribution >= 4 is 29.3 Å². The highest BCUT2D eigenvalue weighted by atomic mass is 16.2. The Balaban J connectivity index is 1.44. The number of fused-ring (bicyclic) bond motifs is 1. The molecular weight excluding hydrogens is 396 g/mol. The molecule has 0 aliphatic carbocycles. The van der Waals surface area contributed by atoms with Gasteiger partial charge in [0, 0.05) is 25.2 Å². The Bertz CT molecular complexity index is 1050. The fourth-order valence-corrected chi connectivity index (χ4v) is 3.84. The number of benzene rings is 2. The lowest BCUT2D eigenvalue weighted by Crippen LogP contribution is -2.54. The second-order valence-electron chi connectivity index (χ2n) is 7.66. The summed E-state index contributed by atoms with van der Waals surface area (Å²) in [5.41, 5.74) is 3.57. The highest BCUT2D eigenvalue weighted by molar-refractivity contribution is 6.23. The van der Waals surface area contributed by atoms with Gasteiger partial charge in [-0.25, -0.2) is 0 Å². The van der Waals surface area contributed by atoms with Crippen molar-refractivity contribution < 1.29 is 19.2 Å². The number of carbonyl (C=O) groups is 4. The summed E-state index contributed by atoms with van der Waals surface area (Å²) in [6.45, 7) is 4.29. The van der Waals surface area contributed by atoms with Crippen molar-refractivity contribution in [1.82, 2.24) is 15.5 Å². The summed E-state index contributed by atoms with van der Waals surface area (Å²) in [4.78, 5) is 50.2. The Morgan fingerprint density at radius 2 is 1.65 bits per heavy atom. The van der Waals surface area contributed by atoms with E-state index in [-0.39, 0.29) is 29.9 Å². The molecule has 0 spiro atoms. The standard InChI is InChI=1S/C23H24N4O4/c1-2-24-12-14-3-6-16(7-4-14)25-13-15-5-8-17-18(11-15)23(31)27(22(17)30)19-9-10-20(28)26-21(19)29/h3-8,11,19,24-25H,2,9-10,12-13H2,1H3,(H,26,28,29). The van der Waals surface area contributed by atoms with Crippen LogP contribution in [0.1, 0.15) is 51.6 Å². The van der Waals surface area contributed by atoms with Crippen molar-refractivity contribution in [3.63, 3.8) is 0 Å². The number of anilines is 1. The summed E-state index contributed by atoms with van der Waals surface area (Å²) < 4.78 is 0. The van der Waals surface area contributed by atoms with Gasteiger partial charge in [-0.15, -0.1) is 0 Å². The molecule has 2 heterocycles. The van der Waals surface area contributed by atoms with Crippen molar-refractivity contribution in [3.8, 4) is 0 Å². The molecule has 1 unspecified atom stereocenters. The number of piperidine rings is 1. The zero-order chi connectivity index (χ0) is 22.0. The third-order valence-electron chi connectivity index (χ3n) is 5.53. The van der Waals surface area contributed by atoms with Crippen LogP contribution >= 0.6 is 0 Å². The van der Waals surface area contributed by atoms with Crippen molar-refractivity contribution in [2.24, 2.45) is 0 Å². The van der Waals surface area contributed by atoms with Crippen LogP contribution in [-0.2, 0) is 22.7 Å². The normalized spacial score (nSPS) is 18.2. The molecule has 0 aromatic heterocycles. The average molecular weight is 420 g/mol. The Morgan fingerprint density at radius 1 is 0.935 bits per heavy atom. The van der Waals surface area contributed by atoms with Gasteiger partial charge in [0.05, 0.1) is 11.1 Å². The summed E-state index contributed by atoms with van der Waals surface area (Å²) >= 11 is 0. The molecule has 2 aromatic carbocycles. The largest absolute Gasteiger partial charge is 0.381 e. The summed E-state index contributed by atoms with van der Waals surface area (Å²) in [7, 11) is 0. The van der Waals surface area contributed by atoms with E-state index in [1.54, 1.807) is 18.2 Å². The van der Waals surface area contributed by atoms with Crippen LogP contribution in [0.2, 0.25) is 0 Å². The van der Waals surface area contributed by atoms with Gasteiger partial charge in [-0.2, -0.15) is 0 Å². The van der Waals surface area contributed by atoms with Crippen LogP contribution in [0.5, 0.6) is 0 Å². The molecule has 8 heteroatoms. The predicted molar refractivity (Wildman–Crippen MR) is 114 cm³/mol. The maximum Gasteiger partial charge on any atom is 0.262 e. The highest BCUT2D eigenvalue weighted by Gasteiger charge is 2.44. The van der Waals surface area contributed by atoms with E-state index >= 15 is 0 Å². The smallest absolute Gasteiger partial charge is 0.262 e. The minimum Gasteiger partial charge on any atom is -0.381 e.